The lowest BCUT2D eigenvalue weighted by molar-refractivity contribution is 0.619. The summed E-state index contributed by atoms with van der Waals surface area (Å²) < 4.78 is 13.5. The maximum Gasteiger partial charge on any atom is 0.227 e. The van der Waals surface area contributed by atoms with E-state index >= 15 is 0 Å². The van der Waals surface area contributed by atoms with E-state index < -0.39 is 0 Å². The van der Waals surface area contributed by atoms with E-state index in [1.54, 1.807) is 43.7 Å². The van der Waals surface area contributed by atoms with Crippen molar-refractivity contribution in [3.05, 3.63) is 66.4 Å². The maximum atomic E-state index is 13.5. The van der Waals surface area contributed by atoms with E-state index in [-0.39, 0.29) is 5.82 Å². The van der Waals surface area contributed by atoms with Crippen LogP contribution in [0.1, 0.15) is 5.56 Å². The van der Waals surface area contributed by atoms with Crippen LogP contribution < -0.4 is 5.32 Å². The molecule has 2 heterocycles. The normalized spacial score (nSPS) is 10.4. The third-order valence-corrected chi connectivity index (χ3v) is 3.13. The number of anilines is 2. The molecule has 0 saturated heterocycles. The van der Waals surface area contributed by atoms with E-state index in [2.05, 4.69) is 20.3 Å². The number of hydrogen-bond acceptors (Lipinski definition) is 4. The summed E-state index contributed by atoms with van der Waals surface area (Å²) in [6.45, 7) is 1.71. The maximum absolute atomic E-state index is 13.5. The van der Waals surface area contributed by atoms with Crippen molar-refractivity contribution >= 4 is 11.6 Å². The topological polar surface area (TPSA) is 50.7 Å². The van der Waals surface area contributed by atoms with E-state index in [1.807, 2.05) is 12.1 Å². The molecule has 3 rings (SSSR count). The molecule has 0 bridgehead atoms. The number of benzene rings is 1. The Bertz CT molecular complexity index is 759. The lowest BCUT2D eigenvalue weighted by Crippen LogP contribution is -2.00. The molecule has 4 nitrogen and oxygen atoms in total. The molecule has 1 aromatic carbocycles. The fraction of sp³-hybridized carbons (Fsp3) is 0.0625. The third-order valence-electron chi connectivity index (χ3n) is 3.13. The van der Waals surface area contributed by atoms with Crippen molar-refractivity contribution in [2.45, 2.75) is 6.92 Å². The summed E-state index contributed by atoms with van der Waals surface area (Å²) in [4.78, 5) is 12.7. The zero-order valence-electron chi connectivity index (χ0n) is 11.4. The molecule has 0 aliphatic heterocycles. The number of pyridine rings is 1. The number of nitrogens with one attached hydrogen (secondary N) is 1. The van der Waals surface area contributed by atoms with Crippen LogP contribution in [0.25, 0.3) is 11.3 Å². The molecule has 21 heavy (non-hydrogen) atoms. The highest BCUT2D eigenvalue weighted by Gasteiger charge is 2.06. The van der Waals surface area contributed by atoms with Crippen LogP contribution >= 0.6 is 0 Å². The first-order valence-electron chi connectivity index (χ1n) is 6.49. The number of halogens is 1. The van der Waals surface area contributed by atoms with Gasteiger partial charge in [-0.1, -0.05) is 6.07 Å². The van der Waals surface area contributed by atoms with Crippen LogP contribution in [0.5, 0.6) is 0 Å². The van der Waals surface area contributed by atoms with Crippen LogP contribution in [0.15, 0.2) is 55.0 Å². The van der Waals surface area contributed by atoms with Crippen LogP contribution in [0, 0.1) is 12.7 Å². The first-order chi connectivity index (χ1) is 10.2. The minimum Gasteiger partial charge on any atom is -0.324 e. The van der Waals surface area contributed by atoms with Crippen molar-refractivity contribution in [3.63, 3.8) is 0 Å². The van der Waals surface area contributed by atoms with Gasteiger partial charge in [0.05, 0.1) is 5.69 Å². The lowest BCUT2D eigenvalue weighted by atomic mass is 10.2. The minimum atomic E-state index is -0.261. The molecule has 0 saturated carbocycles. The second kappa shape index (κ2) is 5.66. The van der Waals surface area contributed by atoms with Gasteiger partial charge >= 0.3 is 0 Å². The molecule has 104 valence electrons. The molecule has 0 aliphatic rings. The average Bonchev–Trinajstić information content (AvgIpc) is 2.53. The smallest absolute Gasteiger partial charge is 0.227 e. The van der Waals surface area contributed by atoms with Crippen molar-refractivity contribution in [2.75, 3.05) is 5.32 Å². The largest absolute Gasteiger partial charge is 0.324 e. The van der Waals surface area contributed by atoms with Gasteiger partial charge in [-0.3, -0.25) is 4.98 Å². The number of rotatable bonds is 3. The molecule has 0 radical (unpaired) electrons. The third kappa shape index (κ3) is 2.86. The SMILES string of the molecule is Cc1c(F)cccc1Nc1nccc(-c2cccnc2)n1. The summed E-state index contributed by atoms with van der Waals surface area (Å²) in [6, 6.07) is 10.4. The van der Waals surface area contributed by atoms with Gasteiger partial charge in [0.15, 0.2) is 0 Å². The molecule has 2 aromatic heterocycles. The van der Waals surface area contributed by atoms with E-state index in [0.717, 1.165) is 11.3 Å². The first kappa shape index (κ1) is 13.2. The summed E-state index contributed by atoms with van der Waals surface area (Å²) in [5, 5.41) is 3.04. The van der Waals surface area contributed by atoms with Gasteiger partial charge in [-0.25, -0.2) is 14.4 Å². The summed E-state index contributed by atoms with van der Waals surface area (Å²) in [6.07, 6.45) is 5.10. The number of hydrogen-bond donors (Lipinski definition) is 1. The van der Waals surface area contributed by atoms with Crippen molar-refractivity contribution in [1.29, 1.82) is 0 Å². The van der Waals surface area contributed by atoms with Crippen LogP contribution in [0.2, 0.25) is 0 Å². The van der Waals surface area contributed by atoms with Gasteiger partial charge in [0, 0.05) is 35.4 Å². The van der Waals surface area contributed by atoms with Gasteiger partial charge < -0.3 is 5.32 Å². The van der Waals surface area contributed by atoms with Gasteiger partial charge in [0.2, 0.25) is 5.95 Å². The van der Waals surface area contributed by atoms with Gasteiger partial charge in [-0.15, -0.1) is 0 Å². The van der Waals surface area contributed by atoms with E-state index in [0.29, 0.717) is 17.2 Å². The molecule has 3 aromatic rings. The fourth-order valence-corrected chi connectivity index (χ4v) is 1.96. The second-order valence-electron chi connectivity index (χ2n) is 4.54. The Morgan fingerprint density at radius 1 is 1.05 bits per heavy atom. The first-order valence-corrected chi connectivity index (χ1v) is 6.49. The highest BCUT2D eigenvalue weighted by atomic mass is 19.1. The summed E-state index contributed by atoms with van der Waals surface area (Å²) in [5.74, 6) is 0.161. The second-order valence-corrected chi connectivity index (χ2v) is 4.54. The molecule has 0 fully saturated rings. The Kier molecular flexibility index (Phi) is 3.55. The molecule has 0 amide bonds. The Morgan fingerprint density at radius 3 is 2.76 bits per heavy atom. The van der Waals surface area contributed by atoms with Crippen molar-refractivity contribution < 1.29 is 4.39 Å². The number of nitrogens with zero attached hydrogens (tertiary/aromatic N) is 3. The van der Waals surface area contributed by atoms with Crippen molar-refractivity contribution in [1.82, 2.24) is 15.0 Å². The van der Waals surface area contributed by atoms with E-state index in [4.69, 9.17) is 0 Å². The molecule has 0 spiro atoms. The van der Waals surface area contributed by atoms with Crippen LogP contribution in [-0.4, -0.2) is 15.0 Å². The number of aromatic nitrogens is 3. The van der Waals surface area contributed by atoms with Crippen LogP contribution in [0.4, 0.5) is 16.0 Å². The van der Waals surface area contributed by atoms with Crippen LogP contribution in [-0.2, 0) is 0 Å². The highest BCUT2D eigenvalue weighted by Crippen LogP contribution is 2.22. The van der Waals surface area contributed by atoms with Crippen molar-refractivity contribution in [3.8, 4) is 11.3 Å². The van der Waals surface area contributed by atoms with Gasteiger partial charge in [0.25, 0.3) is 0 Å². The Hall–Kier alpha value is -2.82. The summed E-state index contributed by atoms with van der Waals surface area (Å²) >= 11 is 0. The van der Waals surface area contributed by atoms with Gasteiger partial charge in [-0.2, -0.15) is 0 Å². The molecular formula is C16H13FN4. The minimum absolute atomic E-state index is 0.261. The zero-order chi connectivity index (χ0) is 14.7. The van der Waals surface area contributed by atoms with E-state index in [9.17, 15) is 4.39 Å². The summed E-state index contributed by atoms with van der Waals surface area (Å²) in [5.41, 5.74) is 2.85. The predicted molar refractivity (Wildman–Crippen MR) is 79.7 cm³/mol. The monoisotopic (exact) mass is 280 g/mol. The average molecular weight is 280 g/mol. The van der Waals surface area contributed by atoms with Crippen LogP contribution in [0.3, 0.4) is 0 Å². The zero-order valence-corrected chi connectivity index (χ0v) is 11.4. The molecule has 0 unspecified atom stereocenters. The lowest BCUT2D eigenvalue weighted by Gasteiger charge is -2.09. The quantitative estimate of drug-likeness (QED) is 0.794. The Balaban J connectivity index is 1.92. The molecule has 5 heteroatoms. The van der Waals surface area contributed by atoms with E-state index in [1.165, 1.54) is 6.07 Å². The molecule has 0 atom stereocenters. The van der Waals surface area contributed by atoms with Gasteiger partial charge in [-0.05, 0) is 37.3 Å². The Labute approximate surface area is 121 Å². The predicted octanol–water partition coefficient (Wildman–Crippen LogP) is 3.73. The summed E-state index contributed by atoms with van der Waals surface area (Å²) in [7, 11) is 0. The fourth-order valence-electron chi connectivity index (χ4n) is 1.96. The molecule has 0 aliphatic carbocycles. The Morgan fingerprint density at radius 2 is 1.95 bits per heavy atom. The molecule has 1 N–H and O–H groups in total. The highest BCUT2D eigenvalue weighted by molar-refractivity contribution is 5.62. The molecular weight excluding hydrogens is 267 g/mol. The van der Waals surface area contributed by atoms with Gasteiger partial charge in [0.1, 0.15) is 5.82 Å². The van der Waals surface area contributed by atoms with Crippen molar-refractivity contribution in [2.24, 2.45) is 0 Å². The standard InChI is InChI=1S/C16H13FN4/c1-11-13(17)5-2-6-14(11)20-16-19-9-7-15(21-16)12-4-3-8-18-10-12/h2-10H,1H3,(H,19,20,21).